The number of ether oxygens (including phenoxy) is 1. The van der Waals surface area contributed by atoms with Crippen molar-refractivity contribution in [3.05, 3.63) is 68.8 Å². The Kier molecular flexibility index (Phi) is 4.79. The molecule has 0 aliphatic heterocycles. The monoisotopic (exact) mass is 313 g/mol. The molecule has 0 radical (unpaired) electrons. The molecule has 0 heterocycles. The van der Waals surface area contributed by atoms with Crippen molar-refractivity contribution in [1.29, 1.82) is 0 Å². The minimum atomic E-state index is -0.525. The van der Waals surface area contributed by atoms with Crippen LogP contribution in [-0.4, -0.2) is 10.9 Å². The van der Waals surface area contributed by atoms with Crippen molar-refractivity contribution in [3.8, 4) is 5.75 Å². The molecule has 2 rings (SSSR count). The molecule has 0 aromatic heterocycles. The van der Waals surface area contributed by atoms with E-state index in [4.69, 9.17) is 4.74 Å². The number of nitro benzene ring substituents is 1. The lowest BCUT2D eigenvalue weighted by atomic mass is 10.0. The van der Waals surface area contributed by atoms with Gasteiger partial charge in [0.1, 0.15) is 5.75 Å². The van der Waals surface area contributed by atoms with Crippen LogP contribution in [0.15, 0.2) is 36.4 Å². The van der Waals surface area contributed by atoms with Crippen molar-refractivity contribution in [2.75, 3.05) is 0 Å². The van der Waals surface area contributed by atoms with E-state index in [-0.39, 0.29) is 5.69 Å². The van der Waals surface area contributed by atoms with Gasteiger partial charge in [-0.2, -0.15) is 0 Å². The summed E-state index contributed by atoms with van der Waals surface area (Å²) in [5.74, 6) is 0.284. The van der Waals surface area contributed by atoms with Gasteiger partial charge >= 0.3 is 5.97 Å². The van der Waals surface area contributed by atoms with E-state index in [1.54, 1.807) is 13.0 Å². The second-order valence-electron chi connectivity index (χ2n) is 5.88. The highest BCUT2D eigenvalue weighted by atomic mass is 16.6. The van der Waals surface area contributed by atoms with E-state index >= 15 is 0 Å². The molecular weight excluding hydrogens is 294 g/mol. The third-order valence-electron chi connectivity index (χ3n) is 3.58. The molecule has 0 N–H and O–H groups in total. The van der Waals surface area contributed by atoms with Crippen molar-refractivity contribution < 1.29 is 14.5 Å². The first kappa shape index (κ1) is 16.7. The van der Waals surface area contributed by atoms with Gasteiger partial charge in [0.25, 0.3) is 5.69 Å². The molecule has 0 unspecified atom stereocenters. The van der Waals surface area contributed by atoms with Gasteiger partial charge in [0.15, 0.2) is 0 Å². The molecule has 0 amide bonds. The maximum Gasteiger partial charge on any atom is 0.343 e. The summed E-state index contributed by atoms with van der Waals surface area (Å²) in [7, 11) is 0. The first-order valence-corrected chi connectivity index (χ1v) is 7.36. The Morgan fingerprint density at radius 2 is 1.83 bits per heavy atom. The quantitative estimate of drug-likeness (QED) is 0.359. The van der Waals surface area contributed by atoms with Crippen molar-refractivity contribution in [2.45, 2.75) is 33.6 Å². The number of esters is 1. The average molecular weight is 313 g/mol. The molecule has 23 heavy (non-hydrogen) atoms. The molecular formula is C18H19NO4. The van der Waals surface area contributed by atoms with E-state index in [1.165, 1.54) is 18.2 Å². The van der Waals surface area contributed by atoms with Crippen LogP contribution in [-0.2, 0) is 0 Å². The van der Waals surface area contributed by atoms with Crippen molar-refractivity contribution in [2.24, 2.45) is 0 Å². The van der Waals surface area contributed by atoms with Crippen LogP contribution >= 0.6 is 0 Å². The number of nitro groups is 1. The third kappa shape index (κ3) is 3.94. The fraction of sp³-hybridized carbons (Fsp3) is 0.278. The van der Waals surface area contributed by atoms with Gasteiger partial charge in [0, 0.05) is 11.6 Å². The lowest BCUT2D eigenvalue weighted by Gasteiger charge is -2.11. The molecule has 5 heteroatoms. The van der Waals surface area contributed by atoms with Crippen LogP contribution in [0.2, 0.25) is 0 Å². The molecule has 2 aromatic rings. The molecule has 0 atom stereocenters. The number of hydrogen-bond donors (Lipinski definition) is 0. The zero-order valence-electron chi connectivity index (χ0n) is 13.6. The van der Waals surface area contributed by atoms with Gasteiger partial charge in [-0.15, -0.1) is 0 Å². The fourth-order valence-corrected chi connectivity index (χ4v) is 2.32. The van der Waals surface area contributed by atoms with E-state index in [0.717, 1.165) is 11.1 Å². The topological polar surface area (TPSA) is 69.4 Å². The van der Waals surface area contributed by atoms with E-state index in [0.29, 0.717) is 22.8 Å². The van der Waals surface area contributed by atoms with E-state index < -0.39 is 10.9 Å². The predicted octanol–water partition coefficient (Wildman–Crippen LogP) is 4.55. The lowest BCUT2D eigenvalue weighted by Crippen LogP contribution is -2.09. The Labute approximate surface area is 135 Å². The molecule has 0 saturated carbocycles. The van der Waals surface area contributed by atoms with E-state index in [9.17, 15) is 14.9 Å². The number of carbonyl (C=O) groups excluding carboxylic acids is 1. The highest BCUT2D eigenvalue weighted by molar-refractivity contribution is 5.91. The zero-order chi connectivity index (χ0) is 17.1. The third-order valence-corrected chi connectivity index (χ3v) is 3.58. The summed E-state index contributed by atoms with van der Waals surface area (Å²) in [4.78, 5) is 22.6. The summed E-state index contributed by atoms with van der Waals surface area (Å²) in [6, 6.07) is 9.89. The van der Waals surface area contributed by atoms with Crippen LogP contribution in [0.4, 0.5) is 5.69 Å². The zero-order valence-corrected chi connectivity index (χ0v) is 13.6. The van der Waals surface area contributed by atoms with Crippen LogP contribution < -0.4 is 4.74 Å². The van der Waals surface area contributed by atoms with Gasteiger partial charge in [-0.1, -0.05) is 19.9 Å². The normalized spacial score (nSPS) is 10.7. The largest absolute Gasteiger partial charge is 0.423 e. The fourth-order valence-electron chi connectivity index (χ4n) is 2.32. The number of hydrogen-bond acceptors (Lipinski definition) is 4. The standard InChI is InChI=1S/C18H19NO4/c1-11(2)15-7-12(3)8-16(10-15)23-18(20)14-5-6-17(19(21)22)13(4)9-14/h5-11H,1-4H3. The van der Waals surface area contributed by atoms with Gasteiger partial charge in [-0.25, -0.2) is 4.79 Å². The van der Waals surface area contributed by atoms with Crippen molar-refractivity contribution in [1.82, 2.24) is 0 Å². The molecule has 0 aliphatic rings. The van der Waals surface area contributed by atoms with Crippen LogP contribution in [0.5, 0.6) is 5.75 Å². The van der Waals surface area contributed by atoms with Crippen LogP contribution in [0.1, 0.15) is 46.8 Å². The first-order chi connectivity index (χ1) is 10.8. The first-order valence-electron chi connectivity index (χ1n) is 7.36. The number of aryl methyl sites for hydroxylation is 2. The summed E-state index contributed by atoms with van der Waals surface area (Å²) < 4.78 is 5.42. The number of nitrogens with zero attached hydrogens (tertiary/aromatic N) is 1. The molecule has 5 nitrogen and oxygen atoms in total. The van der Waals surface area contributed by atoms with Gasteiger partial charge in [0.2, 0.25) is 0 Å². The van der Waals surface area contributed by atoms with Crippen LogP contribution in [0.25, 0.3) is 0 Å². The molecule has 120 valence electrons. The average Bonchev–Trinajstić information content (AvgIpc) is 2.45. The molecule has 0 aliphatic carbocycles. The van der Waals surface area contributed by atoms with E-state index in [1.807, 2.05) is 13.0 Å². The highest BCUT2D eigenvalue weighted by Crippen LogP contribution is 2.24. The summed E-state index contributed by atoms with van der Waals surface area (Å²) in [5, 5.41) is 10.8. The Morgan fingerprint density at radius 3 is 2.39 bits per heavy atom. The molecule has 0 saturated heterocycles. The number of rotatable bonds is 4. The van der Waals surface area contributed by atoms with Crippen LogP contribution in [0, 0.1) is 24.0 Å². The smallest absolute Gasteiger partial charge is 0.343 e. The number of carbonyl (C=O) groups is 1. The minimum absolute atomic E-state index is 0.0146. The van der Waals surface area contributed by atoms with Crippen molar-refractivity contribution in [3.63, 3.8) is 0 Å². The van der Waals surface area contributed by atoms with Gasteiger partial charge in [-0.3, -0.25) is 10.1 Å². The SMILES string of the molecule is Cc1cc(OC(=O)c2ccc([N+](=O)[O-])c(C)c2)cc(C(C)C)c1. The maximum atomic E-state index is 12.2. The summed E-state index contributed by atoms with van der Waals surface area (Å²) in [5.41, 5.74) is 2.81. The Bertz CT molecular complexity index is 766. The minimum Gasteiger partial charge on any atom is -0.423 e. The van der Waals surface area contributed by atoms with Gasteiger partial charge in [0.05, 0.1) is 10.5 Å². The van der Waals surface area contributed by atoms with Gasteiger partial charge in [-0.05, 0) is 55.2 Å². The predicted molar refractivity (Wildman–Crippen MR) is 88.1 cm³/mol. The Morgan fingerprint density at radius 1 is 1.13 bits per heavy atom. The Balaban J connectivity index is 2.26. The second kappa shape index (κ2) is 6.60. The maximum absolute atomic E-state index is 12.2. The van der Waals surface area contributed by atoms with Gasteiger partial charge < -0.3 is 4.74 Å². The molecule has 0 bridgehead atoms. The summed E-state index contributed by atoms with van der Waals surface area (Å²) in [6.45, 7) is 7.68. The molecule has 2 aromatic carbocycles. The summed E-state index contributed by atoms with van der Waals surface area (Å²) >= 11 is 0. The second-order valence-corrected chi connectivity index (χ2v) is 5.88. The van der Waals surface area contributed by atoms with Crippen molar-refractivity contribution >= 4 is 11.7 Å². The van der Waals surface area contributed by atoms with E-state index in [2.05, 4.69) is 19.9 Å². The van der Waals surface area contributed by atoms with Crippen LogP contribution in [0.3, 0.4) is 0 Å². The molecule has 0 fully saturated rings. The Hall–Kier alpha value is -2.69. The lowest BCUT2D eigenvalue weighted by molar-refractivity contribution is -0.385. The molecule has 0 spiro atoms. The summed E-state index contributed by atoms with van der Waals surface area (Å²) in [6.07, 6.45) is 0. The number of benzene rings is 2. The highest BCUT2D eigenvalue weighted by Gasteiger charge is 2.15.